The van der Waals surface area contributed by atoms with Gasteiger partial charge in [0.05, 0.1) is 5.92 Å². The maximum atomic E-state index is 12.3. The zero-order valence-corrected chi connectivity index (χ0v) is 12.3. The number of rotatable bonds is 2. The summed E-state index contributed by atoms with van der Waals surface area (Å²) in [5.74, 6) is 0.747. The number of pyridine rings is 1. The molecule has 21 heavy (non-hydrogen) atoms. The fraction of sp³-hybridized carbons (Fsp3) is 0.286. The van der Waals surface area contributed by atoms with E-state index in [-0.39, 0.29) is 17.4 Å². The Bertz CT molecular complexity index is 744. The summed E-state index contributed by atoms with van der Waals surface area (Å²) in [6, 6.07) is 6.87. The number of carbonyl (C=O) groups excluding carboxylic acids is 1. The van der Waals surface area contributed by atoms with Gasteiger partial charge in [0.25, 0.3) is 5.56 Å². The van der Waals surface area contributed by atoms with Gasteiger partial charge in [-0.1, -0.05) is 17.8 Å². The van der Waals surface area contributed by atoms with Crippen molar-refractivity contribution >= 4 is 23.5 Å². The molecule has 0 aliphatic carbocycles. The van der Waals surface area contributed by atoms with Crippen LogP contribution in [0, 0.1) is 12.8 Å². The molecule has 1 amide bonds. The van der Waals surface area contributed by atoms with E-state index in [1.165, 1.54) is 24.0 Å². The van der Waals surface area contributed by atoms with Gasteiger partial charge in [0, 0.05) is 30.3 Å². The molecule has 0 spiro atoms. The third-order valence-corrected chi connectivity index (χ3v) is 4.38. The summed E-state index contributed by atoms with van der Waals surface area (Å²) < 4.78 is 1.54. The molecule has 0 bridgehead atoms. The standard InChI is InChI=1S/C14H14N4O2S/c1-9-3-2-4-11(16-9)17-13(20)10-7-18-12(19)5-6-15-14(18)21-8-10/h2-6,10H,7-8H2,1H3,(H,16,17,20). The van der Waals surface area contributed by atoms with Gasteiger partial charge < -0.3 is 5.32 Å². The third-order valence-electron chi connectivity index (χ3n) is 3.23. The molecule has 0 fully saturated rings. The first-order valence-electron chi connectivity index (χ1n) is 6.56. The summed E-state index contributed by atoms with van der Waals surface area (Å²) in [4.78, 5) is 32.5. The number of hydrogen-bond donors (Lipinski definition) is 1. The van der Waals surface area contributed by atoms with Crippen LogP contribution in [0.15, 0.2) is 40.4 Å². The van der Waals surface area contributed by atoms with Crippen molar-refractivity contribution in [3.05, 3.63) is 46.5 Å². The summed E-state index contributed by atoms with van der Waals surface area (Å²) in [6.45, 7) is 2.22. The molecule has 1 aliphatic rings. The van der Waals surface area contributed by atoms with E-state index in [1.54, 1.807) is 10.6 Å². The van der Waals surface area contributed by atoms with Crippen molar-refractivity contribution in [2.24, 2.45) is 5.92 Å². The summed E-state index contributed by atoms with van der Waals surface area (Å²) in [7, 11) is 0. The van der Waals surface area contributed by atoms with Crippen LogP contribution in [-0.2, 0) is 11.3 Å². The highest BCUT2D eigenvalue weighted by molar-refractivity contribution is 7.99. The predicted octanol–water partition coefficient (Wildman–Crippen LogP) is 1.31. The highest BCUT2D eigenvalue weighted by Gasteiger charge is 2.26. The van der Waals surface area contributed by atoms with Crippen molar-refractivity contribution in [3.63, 3.8) is 0 Å². The van der Waals surface area contributed by atoms with Crippen LogP contribution in [0.25, 0.3) is 0 Å². The summed E-state index contributed by atoms with van der Waals surface area (Å²) >= 11 is 1.42. The Morgan fingerprint density at radius 2 is 2.29 bits per heavy atom. The van der Waals surface area contributed by atoms with Crippen molar-refractivity contribution in [1.29, 1.82) is 0 Å². The number of anilines is 1. The molecule has 1 aliphatic heterocycles. The lowest BCUT2D eigenvalue weighted by molar-refractivity contribution is -0.119. The van der Waals surface area contributed by atoms with Gasteiger partial charge in [-0.05, 0) is 19.1 Å². The average Bonchev–Trinajstić information content (AvgIpc) is 2.47. The molecule has 1 atom stereocenters. The third kappa shape index (κ3) is 2.97. The Morgan fingerprint density at radius 3 is 3.10 bits per heavy atom. The number of thioether (sulfide) groups is 1. The molecule has 2 aromatic heterocycles. The van der Waals surface area contributed by atoms with Crippen molar-refractivity contribution in [2.45, 2.75) is 18.6 Å². The maximum Gasteiger partial charge on any atom is 0.254 e. The van der Waals surface area contributed by atoms with Gasteiger partial charge in [0.15, 0.2) is 5.16 Å². The van der Waals surface area contributed by atoms with Gasteiger partial charge in [-0.25, -0.2) is 9.97 Å². The highest BCUT2D eigenvalue weighted by Crippen LogP contribution is 2.25. The molecule has 0 saturated carbocycles. The number of carbonyl (C=O) groups is 1. The Labute approximate surface area is 125 Å². The Hall–Kier alpha value is -2.15. The van der Waals surface area contributed by atoms with Crippen LogP contribution in [0.5, 0.6) is 0 Å². The number of hydrogen-bond acceptors (Lipinski definition) is 5. The number of nitrogens with zero attached hydrogens (tertiary/aromatic N) is 3. The van der Waals surface area contributed by atoms with Crippen LogP contribution in [0.3, 0.4) is 0 Å². The van der Waals surface area contributed by atoms with Crippen LogP contribution >= 0.6 is 11.8 Å². The van der Waals surface area contributed by atoms with Crippen LogP contribution in [-0.4, -0.2) is 26.2 Å². The molecule has 0 radical (unpaired) electrons. The Kier molecular flexibility index (Phi) is 3.74. The molecule has 0 saturated heterocycles. The van der Waals surface area contributed by atoms with Gasteiger partial charge in [0.1, 0.15) is 5.82 Å². The van der Waals surface area contributed by atoms with Crippen molar-refractivity contribution in [3.8, 4) is 0 Å². The lowest BCUT2D eigenvalue weighted by atomic mass is 10.1. The predicted molar refractivity (Wildman–Crippen MR) is 80.3 cm³/mol. The molecular weight excluding hydrogens is 288 g/mol. The van der Waals surface area contributed by atoms with Gasteiger partial charge in [0.2, 0.25) is 5.91 Å². The van der Waals surface area contributed by atoms with Gasteiger partial charge >= 0.3 is 0 Å². The molecule has 108 valence electrons. The lowest BCUT2D eigenvalue weighted by Gasteiger charge is -2.23. The number of aryl methyl sites for hydroxylation is 1. The quantitative estimate of drug-likeness (QED) is 0.846. The molecule has 3 heterocycles. The number of aromatic nitrogens is 3. The van der Waals surface area contributed by atoms with E-state index in [9.17, 15) is 9.59 Å². The second kappa shape index (κ2) is 5.69. The first kappa shape index (κ1) is 13.8. The number of fused-ring (bicyclic) bond motifs is 1. The minimum Gasteiger partial charge on any atom is -0.310 e. The highest BCUT2D eigenvalue weighted by atomic mass is 32.2. The van der Waals surface area contributed by atoms with E-state index in [4.69, 9.17) is 0 Å². The van der Waals surface area contributed by atoms with E-state index < -0.39 is 0 Å². The average molecular weight is 302 g/mol. The second-order valence-electron chi connectivity index (χ2n) is 4.84. The van der Waals surface area contributed by atoms with E-state index in [0.717, 1.165) is 5.69 Å². The van der Waals surface area contributed by atoms with Gasteiger partial charge in [-0.15, -0.1) is 0 Å². The van der Waals surface area contributed by atoms with E-state index in [2.05, 4.69) is 15.3 Å². The van der Waals surface area contributed by atoms with E-state index in [0.29, 0.717) is 23.3 Å². The monoisotopic (exact) mass is 302 g/mol. The number of amides is 1. The summed E-state index contributed by atoms with van der Waals surface area (Å²) in [5, 5.41) is 3.47. The van der Waals surface area contributed by atoms with E-state index in [1.807, 2.05) is 19.1 Å². The largest absolute Gasteiger partial charge is 0.310 e. The molecule has 0 aromatic carbocycles. The minimum atomic E-state index is -0.272. The fourth-order valence-electron chi connectivity index (χ4n) is 2.15. The number of nitrogens with one attached hydrogen (secondary N) is 1. The molecule has 2 aromatic rings. The van der Waals surface area contributed by atoms with Crippen LogP contribution in [0.2, 0.25) is 0 Å². The molecular formula is C14H14N4O2S. The van der Waals surface area contributed by atoms with Crippen LogP contribution in [0.4, 0.5) is 5.82 Å². The SMILES string of the molecule is Cc1cccc(NC(=O)C2CSc3nccc(=O)n3C2)n1. The minimum absolute atomic E-state index is 0.123. The van der Waals surface area contributed by atoms with Crippen molar-refractivity contribution in [1.82, 2.24) is 14.5 Å². The van der Waals surface area contributed by atoms with E-state index >= 15 is 0 Å². The second-order valence-corrected chi connectivity index (χ2v) is 5.82. The topological polar surface area (TPSA) is 76.9 Å². The zero-order valence-electron chi connectivity index (χ0n) is 11.4. The van der Waals surface area contributed by atoms with Crippen molar-refractivity contribution < 1.29 is 4.79 Å². The molecule has 1 unspecified atom stereocenters. The normalized spacial score (nSPS) is 17.1. The first-order valence-corrected chi connectivity index (χ1v) is 7.55. The molecule has 3 rings (SSSR count). The lowest BCUT2D eigenvalue weighted by Crippen LogP contribution is -2.36. The summed E-state index contributed by atoms with van der Waals surface area (Å²) in [6.07, 6.45) is 1.50. The van der Waals surface area contributed by atoms with Crippen LogP contribution in [0.1, 0.15) is 5.69 Å². The van der Waals surface area contributed by atoms with Gasteiger partial charge in [-0.2, -0.15) is 0 Å². The fourth-order valence-corrected chi connectivity index (χ4v) is 3.21. The zero-order chi connectivity index (χ0) is 14.8. The molecule has 1 N–H and O–H groups in total. The smallest absolute Gasteiger partial charge is 0.254 e. The molecule has 6 nitrogen and oxygen atoms in total. The van der Waals surface area contributed by atoms with Gasteiger partial charge in [-0.3, -0.25) is 14.2 Å². The van der Waals surface area contributed by atoms with Crippen LogP contribution < -0.4 is 10.9 Å². The first-order chi connectivity index (χ1) is 10.1. The maximum absolute atomic E-state index is 12.3. The van der Waals surface area contributed by atoms with Crippen molar-refractivity contribution in [2.75, 3.05) is 11.1 Å². The molecule has 7 heteroatoms. The summed E-state index contributed by atoms with van der Waals surface area (Å²) in [5.41, 5.74) is 0.718. The Morgan fingerprint density at radius 1 is 1.43 bits per heavy atom. The Balaban J connectivity index is 1.75.